The molecule has 0 saturated carbocycles. The van der Waals surface area contributed by atoms with Crippen LogP contribution in [0.5, 0.6) is 0 Å². The molecule has 4 nitrogen and oxygen atoms in total. The normalized spacial score (nSPS) is 12.9. The minimum absolute atomic E-state index is 0.476. The van der Waals surface area contributed by atoms with Crippen molar-refractivity contribution in [3.8, 4) is 0 Å². The standard InChI is InChI=1S/C14H8N2O2S5/c17-23(14-16-10-6-2-4-8-12(10)20-14)18-22-21-13-15-9-5-1-3-7-11(9)19-13/h1-8H. The molecule has 4 rings (SSSR count). The van der Waals surface area contributed by atoms with Crippen molar-refractivity contribution in [1.29, 1.82) is 0 Å². The van der Waals surface area contributed by atoms with Gasteiger partial charge in [0, 0.05) is 10.8 Å². The summed E-state index contributed by atoms with van der Waals surface area (Å²) in [5.74, 6) is 0. The highest BCUT2D eigenvalue weighted by atomic mass is 33.1. The molecule has 2 aromatic carbocycles. The molecule has 0 spiro atoms. The van der Waals surface area contributed by atoms with Gasteiger partial charge in [-0.3, -0.25) is 0 Å². The van der Waals surface area contributed by atoms with Crippen LogP contribution in [0.3, 0.4) is 0 Å². The van der Waals surface area contributed by atoms with Crippen LogP contribution < -0.4 is 0 Å². The van der Waals surface area contributed by atoms with Crippen molar-refractivity contribution >= 4 is 76.1 Å². The molecular weight excluding hydrogens is 389 g/mol. The van der Waals surface area contributed by atoms with E-state index in [0.29, 0.717) is 4.34 Å². The molecule has 1 unspecified atom stereocenters. The maximum atomic E-state index is 12.2. The smallest absolute Gasteiger partial charge is 0.229 e. The third-order valence-corrected chi connectivity index (χ3v) is 8.60. The molecule has 0 aliphatic heterocycles. The van der Waals surface area contributed by atoms with E-state index >= 15 is 0 Å². The first-order valence-corrected chi connectivity index (χ1v) is 11.2. The van der Waals surface area contributed by atoms with E-state index in [9.17, 15) is 4.21 Å². The average molecular weight is 397 g/mol. The zero-order chi connectivity index (χ0) is 15.6. The molecule has 0 aliphatic carbocycles. The van der Waals surface area contributed by atoms with Crippen LogP contribution in [0.2, 0.25) is 0 Å². The van der Waals surface area contributed by atoms with Crippen LogP contribution in [0.15, 0.2) is 57.2 Å². The molecular formula is C14H8N2O2S5. The molecule has 0 fully saturated rings. The Hall–Kier alpha value is -0.970. The molecule has 9 heteroatoms. The maximum absolute atomic E-state index is 12.2. The lowest BCUT2D eigenvalue weighted by molar-refractivity contribution is 0.613. The van der Waals surface area contributed by atoms with Gasteiger partial charge in [-0.1, -0.05) is 24.3 Å². The first kappa shape index (κ1) is 15.6. The number of hydrogen-bond acceptors (Lipinski definition) is 8. The van der Waals surface area contributed by atoms with Gasteiger partial charge in [0.1, 0.15) is 0 Å². The first-order chi connectivity index (χ1) is 11.3. The van der Waals surface area contributed by atoms with Gasteiger partial charge >= 0.3 is 0 Å². The zero-order valence-electron chi connectivity index (χ0n) is 11.4. The molecule has 2 aromatic heterocycles. The lowest BCUT2D eigenvalue weighted by Gasteiger charge is -1.95. The molecule has 0 aliphatic rings. The summed E-state index contributed by atoms with van der Waals surface area (Å²) in [5.41, 5.74) is 1.81. The maximum Gasteiger partial charge on any atom is 0.231 e. The summed E-state index contributed by atoms with van der Waals surface area (Å²) >= 11 is 2.46. The Morgan fingerprint density at radius 2 is 1.57 bits per heavy atom. The van der Waals surface area contributed by atoms with Gasteiger partial charge in [-0.15, -0.1) is 22.7 Å². The third kappa shape index (κ3) is 3.44. The van der Waals surface area contributed by atoms with Gasteiger partial charge < -0.3 is 0 Å². The largest absolute Gasteiger partial charge is 0.231 e. The predicted octanol–water partition coefficient (Wildman–Crippen LogP) is 5.30. The van der Waals surface area contributed by atoms with Crippen molar-refractivity contribution in [2.24, 2.45) is 0 Å². The number of aromatic nitrogens is 2. The highest BCUT2D eigenvalue weighted by Gasteiger charge is 2.13. The summed E-state index contributed by atoms with van der Waals surface area (Å²) in [6, 6.07) is 15.6. The van der Waals surface area contributed by atoms with Crippen LogP contribution in [0, 0.1) is 0 Å². The number of nitrogens with zero attached hydrogens (tertiary/aromatic N) is 2. The average Bonchev–Trinajstić information content (AvgIpc) is 3.18. The molecule has 116 valence electrons. The molecule has 0 N–H and O–H groups in total. The highest BCUT2D eigenvalue weighted by molar-refractivity contribution is 8.75. The highest BCUT2D eigenvalue weighted by Crippen LogP contribution is 2.38. The molecule has 0 saturated heterocycles. The molecule has 0 amide bonds. The van der Waals surface area contributed by atoms with Crippen molar-refractivity contribution in [1.82, 2.24) is 9.97 Å². The predicted molar refractivity (Wildman–Crippen MR) is 100 cm³/mol. The number of fused-ring (bicyclic) bond motifs is 2. The Morgan fingerprint density at radius 3 is 2.26 bits per heavy atom. The van der Waals surface area contributed by atoms with Gasteiger partial charge in [0.15, 0.2) is 4.34 Å². The fourth-order valence-electron chi connectivity index (χ4n) is 1.91. The number of benzene rings is 2. The van der Waals surface area contributed by atoms with Crippen molar-refractivity contribution < 1.29 is 7.84 Å². The van der Waals surface area contributed by atoms with Gasteiger partial charge in [0.05, 0.1) is 31.5 Å². The molecule has 0 radical (unpaired) electrons. The number of rotatable bonds is 5. The van der Waals surface area contributed by atoms with E-state index in [4.69, 9.17) is 3.63 Å². The van der Waals surface area contributed by atoms with Crippen molar-refractivity contribution in [2.75, 3.05) is 0 Å². The summed E-state index contributed by atoms with van der Waals surface area (Å²) in [7, 11) is 1.36. The lowest BCUT2D eigenvalue weighted by Crippen LogP contribution is -1.89. The summed E-state index contributed by atoms with van der Waals surface area (Å²) in [4.78, 5) is 8.82. The van der Waals surface area contributed by atoms with Crippen LogP contribution in [0.1, 0.15) is 0 Å². The molecule has 23 heavy (non-hydrogen) atoms. The van der Waals surface area contributed by atoms with Gasteiger partial charge in [0.25, 0.3) is 0 Å². The lowest BCUT2D eigenvalue weighted by atomic mass is 10.3. The van der Waals surface area contributed by atoms with Crippen LogP contribution in [0.4, 0.5) is 0 Å². The van der Waals surface area contributed by atoms with E-state index in [2.05, 4.69) is 9.97 Å². The Labute approximate surface area is 150 Å². The SMILES string of the molecule is O=S(OSSc1nc2ccccc2s1)c1nc2ccccc2s1. The second kappa shape index (κ2) is 6.88. The Balaban J connectivity index is 1.41. The van der Waals surface area contributed by atoms with Crippen molar-refractivity contribution in [2.45, 2.75) is 8.68 Å². The molecule has 1 atom stereocenters. The fraction of sp³-hybridized carbons (Fsp3) is 0. The quantitative estimate of drug-likeness (QED) is 0.337. The Bertz CT molecular complexity index is 931. The Morgan fingerprint density at radius 1 is 0.913 bits per heavy atom. The second-order valence-electron chi connectivity index (χ2n) is 4.35. The van der Waals surface area contributed by atoms with Gasteiger partial charge in [-0.05, 0) is 24.3 Å². The van der Waals surface area contributed by atoms with Crippen molar-refractivity contribution in [3.05, 3.63) is 48.5 Å². The van der Waals surface area contributed by atoms with E-state index in [-0.39, 0.29) is 0 Å². The zero-order valence-corrected chi connectivity index (χ0v) is 15.5. The van der Waals surface area contributed by atoms with Gasteiger partial charge in [-0.2, -0.15) is 0 Å². The first-order valence-electron chi connectivity index (χ1n) is 6.44. The van der Waals surface area contributed by atoms with Crippen LogP contribution in [-0.4, -0.2) is 14.2 Å². The van der Waals surface area contributed by atoms with E-state index in [1.807, 2.05) is 48.5 Å². The molecule has 0 bridgehead atoms. The number of para-hydroxylation sites is 2. The topological polar surface area (TPSA) is 52.1 Å². The number of thiazole rings is 2. The summed E-state index contributed by atoms with van der Waals surface area (Å²) in [5, 5.41) is 0. The van der Waals surface area contributed by atoms with Gasteiger partial charge in [0.2, 0.25) is 15.4 Å². The minimum atomic E-state index is -1.58. The number of hydrogen-bond donors (Lipinski definition) is 0. The van der Waals surface area contributed by atoms with E-state index in [1.165, 1.54) is 22.1 Å². The van der Waals surface area contributed by atoms with Crippen molar-refractivity contribution in [3.63, 3.8) is 0 Å². The third-order valence-electron chi connectivity index (χ3n) is 2.89. The molecule has 4 aromatic rings. The van der Waals surface area contributed by atoms with E-state index < -0.39 is 11.1 Å². The summed E-state index contributed by atoms with van der Waals surface area (Å²) in [6.45, 7) is 0. The monoisotopic (exact) mass is 396 g/mol. The minimum Gasteiger partial charge on any atom is -0.229 e. The second-order valence-corrected chi connectivity index (χ2v) is 9.93. The van der Waals surface area contributed by atoms with E-state index in [1.54, 1.807) is 11.3 Å². The fourth-order valence-corrected chi connectivity index (χ4v) is 6.96. The van der Waals surface area contributed by atoms with Crippen LogP contribution >= 0.6 is 44.5 Å². The van der Waals surface area contributed by atoms with Crippen LogP contribution in [0.25, 0.3) is 20.4 Å². The van der Waals surface area contributed by atoms with E-state index in [0.717, 1.165) is 35.8 Å². The van der Waals surface area contributed by atoms with Gasteiger partial charge in [-0.25, -0.2) is 17.8 Å². The summed E-state index contributed by atoms with van der Waals surface area (Å²) in [6.07, 6.45) is 0. The summed E-state index contributed by atoms with van der Waals surface area (Å²) < 4.78 is 21.0. The molecule has 2 heterocycles. The Kier molecular flexibility index (Phi) is 4.65. The van der Waals surface area contributed by atoms with Crippen LogP contribution in [-0.2, 0) is 14.7 Å².